The number of nitrogens with one attached hydrogen (secondary N) is 1. The van der Waals surface area contributed by atoms with Gasteiger partial charge in [-0.3, -0.25) is 4.79 Å². The Balaban J connectivity index is 1.58. The predicted octanol–water partition coefficient (Wildman–Crippen LogP) is 5.56. The van der Waals surface area contributed by atoms with E-state index >= 15 is 0 Å². The van der Waals surface area contributed by atoms with Crippen LogP contribution in [0.1, 0.15) is 54.5 Å². The lowest BCUT2D eigenvalue weighted by atomic mass is 10.0. The zero-order valence-corrected chi connectivity index (χ0v) is 21.7. The van der Waals surface area contributed by atoms with Crippen molar-refractivity contribution in [2.75, 3.05) is 13.2 Å². The van der Waals surface area contributed by atoms with Crippen LogP contribution in [0.2, 0.25) is 0 Å². The van der Waals surface area contributed by atoms with Crippen molar-refractivity contribution < 1.29 is 14.3 Å². The first kappa shape index (κ1) is 25.2. The van der Waals surface area contributed by atoms with Crippen LogP contribution in [0.3, 0.4) is 0 Å². The number of carbonyl (C=O) groups is 1. The summed E-state index contributed by atoms with van der Waals surface area (Å²) in [6, 6.07) is 16.2. The van der Waals surface area contributed by atoms with E-state index in [-0.39, 0.29) is 11.9 Å². The van der Waals surface area contributed by atoms with Gasteiger partial charge in [-0.05, 0) is 70.7 Å². The van der Waals surface area contributed by atoms with Crippen molar-refractivity contribution >= 4 is 11.6 Å². The second-order valence-corrected chi connectivity index (χ2v) is 8.88. The molecule has 0 unspecified atom stereocenters. The minimum absolute atomic E-state index is 0.0311. The average Bonchev–Trinajstić information content (AvgIpc) is 3.21. The number of amides is 1. The van der Waals surface area contributed by atoms with E-state index in [9.17, 15) is 4.79 Å². The Morgan fingerprint density at radius 1 is 1.03 bits per heavy atom. The number of nitrogens with zero attached hydrogens (tertiary/aromatic N) is 3. The molecule has 36 heavy (non-hydrogen) atoms. The van der Waals surface area contributed by atoms with Gasteiger partial charge in [-0.15, -0.1) is 0 Å². The molecule has 7 heteroatoms. The van der Waals surface area contributed by atoms with E-state index in [1.165, 1.54) is 5.56 Å². The van der Waals surface area contributed by atoms with Crippen molar-refractivity contribution in [1.29, 1.82) is 0 Å². The Morgan fingerprint density at radius 2 is 1.75 bits per heavy atom. The summed E-state index contributed by atoms with van der Waals surface area (Å²) in [4.78, 5) is 17.7. The Labute approximate surface area is 212 Å². The molecular weight excluding hydrogens is 452 g/mol. The minimum atomic E-state index is -0.142. The Kier molecular flexibility index (Phi) is 7.88. The highest BCUT2D eigenvalue weighted by molar-refractivity contribution is 5.95. The van der Waals surface area contributed by atoms with Gasteiger partial charge in [-0.25, -0.2) is 9.50 Å². The van der Waals surface area contributed by atoms with Crippen molar-refractivity contribution in [3.8, 4) is 22.6 Å². The molecule has 0 aliphatic carbocycles. The van der Waals surface area contributed by atoms with Crippen LogP contribution in [0.15, 0.2) is 54.7 Å². The maximum atomic E-state index is 13.1. The topological polar surface area (TPSA) is 77.8 Å². The molecule has 1 atom stereocenters. The summed E-state index contributed by atoms with van der Waals surface area (Å²) >= 11 is 0. The Hall–Kier alpha value is -3.87. The predicted molar refractivity (Wildman–Crippen MR) is 142 cm³/mol. The molecule has 2 heterocycles. The number of ether oxygens (including phenoxy) is 2. The zero-order chi connectivity index (χ0) is 25.7. The number of benzene rings is 2. The van der Waals surface area contributed by atoms with Crippen LogP contribution in [0, 0.1) is 13.8 Å². The van der Waals surface area contributed by atoms with E-state index in [2.05, 4.69) is 22.4 Å². The van der Waals surface area contributed by atoms with Crippen LogP contribution in [0.4, 0.5) is 0 Å². The molecule has 0 aliphatic rings. The van der Waals surface area contributed by atoms with E-state index in [0.717, 1.165) is 35.4 Å². The summed E-state index contributed by atoms with van der Waals surface area (Å²) in [7, 11) is 0. The summed E-state index contributed by atoms with van der Waals surface area (Å²) in [5.41, 5.74) is 5.90. The fraction of sp³-hybridized carbons (Fsp3) is 0.345. The van der Waals surface area contributed by atoms with Gasteiger partial charge in [0.1, 0.15) is 0 Å². The molecule has 4 aromatic rings. The molecule has 0 saturated heterocycles. The second-order valence-electron chi connectivity index (χ2n) is 8.88. The molecule has 4 rings (SSSR count). The number of rotatable bonds is 10. The number of carbonyl (C=O) groups excluding carboxylic acids is 1. The van der Waals surface area contributed by atoms with E-state index in [1.807, 2.05) is 71.0 Å². The third-order valence-corrected chi connectivity index (χ3v) is 6.22. The first-order valence-corrected chi connectivity index (χ1v) is 12.5. The number of hydrogen-bond acceptors (Lipinski definition) is 5. The van der Waals surface area contributed by atoms with Gasteiger partial charge < -0.3 is 14.8 Å². The van der Waals surface area contributed by atoms with Gasteiger partial charge in [0.2, 0.25) is 0 Å². The summed E-state index contributed by atoms with van der Waals surface area (Å²) in [6.07, 6.45) is 3.41. The largest absolute Gasteiger partial charge is 0.490 e. The van der Waals surface area contributed by atoms with Crippen LogP contribution in [-0.2, 0) is 6.42 Å². The molecule has 0 aliphatic heterocycles. The van der Waals surface area contributed by atoms with Crippen LogP contribution in [0.5, 0.6) is 11.5 Å². The van der Waals surface area contributed by atoms with Gasteiger partial charge in [-0.2, -0.15) is 5.10 Å². The lowest BCUT2D eigenvalue weighted by molar-refractivity contribution is 0.0936. The highest BCUT2D eigenvalue weighted by Gasteiger charge is 2.20. The molecular formula is C29H34N4O3. The fourth-order valence-corrected chi connectivity index (χ4v) is 4.37. The van der Waals surface area contributed by atoms with Crippen molar-refractivity contribution in [1.82, 2.24) is 19.9 Å². The van der Waals surface area contributed by atoms with Gasteiger partial charge in [0, 0.05) is 17.8 Å². The van der Waals surface area contributed by atoms with Gasteiger partial charge in [0.25, 0.3) is 5.91 Å². The minimum Gasteiger partial charge on any atom is -0.490 e. The van der Waals surface area contributed by atoms with Crippen molar-refractivity contribution in [3.05, 3.63) is 77.2 Å². The SMILES string of the molecule is CCOc1ccc(-c2c(C)nn3c(C)c(C(=O)N[C@H](C)CCc4ccccc4)cnc23)cc1OCC. The van der Waals surface area contributed by atoms with E-state index in [1.54, 1.807) is 10.7 Å². The first-order chi connectivity index (χ1) is 17.4. The van der Waals surface area contributed by atoms with Crippen LogP contribution in [-0.4, -0.2) is 39.8 Å². The van der Waals surface area contributed by atoms with Crippen LogP contribution in [0.25, 0.3) is 16.8 Å². The molecule has 2 aromatic heterocycles. The highest BCUT2D eigenvalue weighted by atomic mass is 16.5. The van der Waals surface area contributed by atoms with Gasteiger partial charge >= 0.3 is 0 Å². The lowest BCUT2D eigenvalue weighted by Crippen LogP contribution is -2.33. The van der Waals surface area contributed by atoms with Crippen LogP contribution >= 0.6 is 0 Å². The standard InChI is InChI=1S/C29H34N4O3/c1-6-35-25-16-15-23(17-26(25)36-7-2)27-20(4)32-33-21(5)24(18-30-28(27)33)29(34)31-19(3)13-14-22-11-9-8-10-12-22/h8-12,15-19H,6-7,13-14H2,1-5H3,(H,31,34)/t19-/m1/s1. The third-order valence-electron chi connectivity index (χ3n) is 6.22. The highest BCUT2D eigenvalue weighted by Crippen LogP contribution is 2.36. The monoisotopic (exact) mass is 486 g/mol. The zero-order valence-electron chi connectivity index (χ0n) is 21.7. The maximum absolute atomic E-state index is 13.1. The number of hydrogen-bond donors (Lipinski definition) is 1. The summed E-state index contributed by atoms with van der Waals surface area (Å²) < 4.78 is 13.3. The maximum Gasteiger partial charge on any atom is 0.254 e. The molecule has 1 amide bonds. The lowest BCUT2D eigenvalue weighted by Gasteiger charge is -2.15. The Bertz CT molecular complexity index is 1350. The molecule has 7 nitrogen and oxygen atoms in total. The van der Waals surface area contributed by atoms with Crippen LogP contribution < -0.4 is 14.8 Å². The van der Waals surface area contributed by atoms with E-state index < -0.39 is 0 Å². The molecule has 2 aromatic carbocycles. The fourth-order valence-electron chi connectivity index (χ4n) is 4.37. The number of fused-ring (bicyclic) bond motifs is 1. The number of aryl methyl sites for hydroxylation is 3. The molecule has 0 spiro atoms. The average molecular weight is 487 g/mol. The van der Waals surface area contributed by atoms with Crippen molar-refractivity contribution in [2.45, 2.75) is 53.5 Å². The molecule has 0 bridgehead atoms. The molecule has 188 valence electrons. The van der Waals surface area contributed by atoms with Gasteiger partial charge in [0.15, 0.2) is 17.1 Å². The van der Waals surface area contributed by atoms with Crippen molar-refractivity contribution in [3.63, 3.8) is 0 Å². The molecule has 1 N–H and O–H groups in total. The quantitative estimate of drug-likeness (QED) is 0.317. The molecule has 0 saturated carbocycles. The summed E-state index contributed by atoms with van der Waals surface area (Å²) in [6.45, 7) is 10.9. The molecule has 0 fully saturated rings. The van der Waals surface area contributed by atoms with E-state index in [4.69, 9.17) is 14.6 Å². The second kappa shape index (κ2) is 11.2. The first-order valence-electron chi connectivity index (χ1n) is 12.5. The molecule has 0 radical (unpaired) electrons. The Morgan fingerprint density at radius 3 is 2.47 bits per heavy atom. The third kappa shape index (κ3) is 5.35. The van der Waals surface area contributed by atoms with E-state index in [0.29, 0.717) is 35.9 Å². The number of aromatic nitrogens is 3. The van der Waals surface area contributed by atoms with Crippen molar-refractivity contribution in [2.24, 2.45) is 0 Å². The van der Waals surface area contributed by atoms with Gasteiger partial charge in [-0.1, -0.05) is 36.4 Å². The summed E-state index contributed by atoms with van der Waals surface area (Å²) in [5.74, 6) is 1.26. The summed E-state index contributed by atoms with van der Waals surface area (Å²) in [5, 5.41) is 7.84. The van der Waals surface area contributed by atoms with Gasteiger partial charge in [0.05, 0.1) is 30.2 Å². The smallest absolute Gasteiger partial charge is 0.254 e. The normalized spacial score (nSPS) is 11.9.